The number of rotatable bonds is 9. The van der Waals surface area contributed by atoms with E-state index in [0.29, 0.717) is 30.0 Å². The van der Waals surface area contributed by atoms with Crippen molar-refractivity contribution in [1.82, 2.24) is 25.3 Å². The zero-order valence-corrected chi connectivity index (χ0v) is 15.2. The smallest absolute Gasteiger partial charge is 0.277 e. The molecule has 10 heteroatoms. The van der Waals surface area contributed by atoms with Crippen molar-refractivity contribution in [2.45, 2.75) is 18.3 Å². The fraction of sp³-hybridized carbons (Fsp3) is 0.467. The molecule has 2 amide bonds. The lowest BCUT2D eigenvalue weighted by atomic mass is 10.4. The van der Waals surface area contributed by atoms with Gasteiger partial charge in [-0.25, -0.2) is 0 Å². The Hall–Kier alpha value is -2.33. The second-order valence-corrected chi connectivity index (χ2v) is 6.52. The number of thioether (sulfide) groups is 1. The van der Waals surface area contributed by atoms with Gasteiger partial charge in [-0.2, -0.15) is 0 Å². The maximum atomic E-state index is 12.1. The van der Waals surface area contributed by atoms with Crippen molar-refractivity contribution in [3.05, 3.63) is 30.0 Å². The van der Waals surface area contributed by atoms with Crippen molar-refractivity contribution in [2.75, 3.05) is 33.4 Å². The standard InChI is InChI=1S/C15H21N5O4S/c1-19(2)9-13-17-18-15(24-13)25-10-14(22)20(3)8-12(21)16-7-11-5-4-6-23-11/h4-6H,7-10H2,1-3H3,(H,16,21). The molecule has 1 N–H and O–H groups in total. The van der Waals surface area contributed by atoms with Gasteiger partial charge in [-0.05, 0) is 26.2 Å². The summed E-state index contributed by atoms with van der Waals surface area (Å²) in [5.74, 6) is 0.799. The van der Waals surface area contributed by atoms with Crippen molar-refractivity contribution < 1.29 is 18.4 Å². The number of nitrogens with zero attached hydrogens (tertiary/aromatic N) is 4. The van der Waals surface area contributed by atoms with Crippen LogP contribution in [0.3, 0.4) is 0 Å². The molecule has 2 aromatic heterocycles. The molecule has 0 aliphatic rings. The lowest BCUT2D eigenvalue weighted by molar-refractivity contribution is -0.132. The Balaban J connectivity index is 1.70. The third-order valence-corrected chi connectivity index (χ3v) is 3.87. The fourth-order valence-corrected chi connectivity index (χ4v) is 2.54. The summed E-state index contributed by atoms with van der Waals surface area (Å²) in [4.78, 5) is 27.2. The molecular weight excluding hydrogens is 346 g/mol. The molecule has 0 saturated carbocycles. The highest BCUT2D eigenvalue weighted by atomic mass is 32.2. The van der Waals surface area contributed by atoms with Crippen LogP contribution in [-0.2, 0) is 22.7 Å². The zero-order chi connectivity index (χ0) is 18.2. The van der Waals surface area contributed by atoms with Gasteiger partial charge in [-0.15, -0.1) is 10.2 Å². The zero-order valence-electron chi connectivity index (χ0n) is 14.4. The van der Waals surface area contributed by atoms with Gasteiger partial charge >= 0.3 is 0 Å². The Labute approximate surface area is 149 Å². The summed E-state index contributed by atoms with van der Waals surface area (Å²) in [5.41, 5.74) is 0. The summed E-state index contributed by atoms with van der Waals surface area (Å²) < 4.78 is 10.5. The molecule has 0 atom stereocenters. The first kappa shape index (κ1) is 19.0. The molecule has 0 fully saturated rings. The second-order valence-electron chi connectivity index (χ2n) is 5.59. The first-order chi connectivity index (χ1) is 11.9. The number of furan rings is 1. The van der Waals surface area contributed by atoms with Crippen molar-refractivity contribution in [1.29, 1.82) is 0 Å². The summed E-state index contributed by atoms with van der Waals surface area (Å²) in [6.45, 7) is 0.798. The van der Waals surface area contributed by atoms with E-state index in [9.17, 15) is 9.59 Å². The van der Waals surface area contributed by atoms with E-state index in [-0.39, 0.29) is 24.1 Å². The van der Waals surface area contributed by atoms with Crippen LogP contribution in [0.2, 0.25) is 0 Å². The fourth-order valence-electron chi connectivity index (χ4n) is 1.82. The molecule has 0 aliphatic carbocycles. The Kier molecular flexibility index (Phi) is 7.02. The van der Waals surface area contributed by atoms with E-state index in [2.05, 4.69) is 15.5 Å². The topological polar surface area (TPSA) is 105 Å². The van der Waals surface area contributed by atoms with Crippen LogP contribution in [0.5, 0.6) is 0 Å². The molecule has 136 valence electrons. The normalized spacial score (nSPS) is 10.9. The van der Waals surface area contributed by atoms with Gasteiger partial charge in [0.1, 0.15) is 5.76 Å². The molecule has 2 aromatic rings. The SMILES string of the molecule is CN(C)Cc1nnc(SCC(=O)N(C)CC(=O)NCc2ccco2)o1. The second kappa shape index (κ2) is 9.23. The van der Waals surface area contributed by atoms with Gasteiger partial charge in [0.2, 0.25) is 17.7 Å². The molecule has 9 nitrogen and oxygen atoms in total. The van der Waals surface area contributed by atoms with E-state index in [1.807, 2.05) is 19.0 Å². The molecule has 0 bridgehead atoms. The molecule has 0 spiro atoms. The van der Waals surface area contributed by atoms with E-state index in [1.54, 1.807) is 19.2 Å². The number of likely N-dealkylation sites (N-methyl/N-ethyl adjacent to an activating group) is 1. The highest BCUT2D eigenvalue weighted by Crippen LogP contribution is 2.16. The highest BCUT2D eigenvalue weighted by Gasteiger charge is 2.15. The molecule has 2 heterocycles. The molecule has 2 rings (SSSR count). The molecule has 0 aromatic carbocycles. The number of nitrogens with one attached hydrogen (secondary N) is 1. The minimum Gasteiger partial charge on any atom is -0.467 e. The number of aromatic nitrogens is 2. The number of hydrogen-bond donors (Lipinski definition) is 1. The highest BCUT2D eigenvalue weighted by molar-refractivity contribution is 7.99. The molecule has 0 aliphatic heterocycles. The average Bonchev–Trinajstić information content (AvgIpc) is 3.21. The van der Waals surface area contributed by atoms with Crippen LogP contribution in [0, 0.1) is 0 Å². The summed E-state index contributed by atoms with van der Waals surface area (Å²) in [7, 11) is 5.36. The van der Waals surface area contributed by atoms with Crippen LogP contribution in [0.25, 0.3) is 0 Å². The van der Waals surface area contributed by atoms with Crippen molar-refractivity contribution in [2.24, 2.45) is 0 Å². The molecular formula is C15H21N5O4S. The van der Waals surface area contributed by atoms with Gasteiger partial charge in [0.15, 0.2) is 0 Å². The summed E-state index contributed by atoms with van der Waals surface area (Å²) >= 11 is 1.15. The van der Waals surface area contributed by atoms with Gasteiger partial charge in [-0.1, -0.05) is 11.8 Å². The first-order valence-electron chi connectivity index (χ1n) is 7.57. The molecule has 25 heavy (non-hydrogen) atoms. The molecule has 0 unspecified atom stereocenters. The van der Waals surface area contributed by atoms with Crippen molar-refractivity contribution in [3.63, 3.8) is 0 Å². The third kappa shape index (κ3) is 6.59. The first-order valence-corrected chi connectivity index (χ1v) is 8.55. The van der Waals surface area contributed by atoms with Crippen molar-refractivity contribution >= 4 is 23.6 Å². The van der Waals surface area contributed by atoms with Crippen LogP contribution >= 0.6 is 11.8 Å². The third-order valence-electron chi connectivity index (χ3n) is 3.07. The van der Waals surface area contributed by atoms with E-state index in [1.165, 1.54) is 11.2 Å². The number of carbonyl (C=O) groups excluding carboxylic acids is 2. The van der Waals surface area contributed by atoms with E-state index >= 15 is 0 Å². The van der Waals surface area contributed by atoms with Gasteiger partial charge in [0.25, 0.3) is 5.22 Å². The van der Waals surface area contributed by atoms with Gasteiger partial charge in [0.05, 0.1) is 31.7 Å². The van der Waals surface area contributed by atoms with Crippen LogP contribution in [0.4, 0.5) is 0 Å². The van der Waals surface area contributed by atoms with Gasteiger partial charge < -0.3 is 24.0 Å². The summed E-state index contributed by atoms with van der Waals surface area (Å²) in [6, 6.07) is 3.51. The lowest BCUT2D eigenvalue weighted by Crippen LogP contribution is -2.38. The monoisotopic (exact) mass is 367 g/mol. The van der Waals surface area contributed by atoms with Gasteiger partial charge in [-0.3, -0.25) is 9.59 Å². The minimum atomic E-state index is -0.261. The van der Waals surface area contributed by atoms with Crippen molar-refractivity contribution in [3.8, 4) is 0 Å². The largest absolute Gasteiger partial charge is 0.467 e. The summed E-state index contributed by atoms with van der Waals surface area (Å²) in [6.07, 6.45) is 1.54. The number of hydrogen-bond acceptors (Lipinski definition) is 8. The summed E-state index contributed by atoms with van der Waals surface area (Å²) in [5, 5.41) is 10.8. The van der Waals surface area contributed by atoms with Crippen LogP contribution < -0.4 is 5.32 Å². The Morgan fingerprint density at radius 1 is 1.28 bits per heavy atom. The van der Waals surface area contributed by atoms with E-state index in [0.717, 1.165) is 11.8 Å². The molecule has 0 saturated heterocycles. The van der Waals surface area contributed by atoms with Gasteiger partial charge in [0, 0.05) is 7.05 Å². The van der Waals surface area contributed by atoms with E-state index in [4.69, 9.17) is 8.83 Å². The predicted octanol–water partition coefficient (Wildman–Crippen LogP) is 0.591. The number of amides is 2. The van der Waals surface area contributed by atoms with Crippen LogP contribution in [0.15, 0.2) is 32.5 Å². The maximum absolute atomic E-state index is 12.1. The van der Waals surface area contributed by atoms with Crippen LogP contribution in [-0.4, -0.2) is 65.3 Å². The van der Waals surface area contributed by atoms with Crippen LogP contribution in [0.1, 0.15) is 11.7 Å². The number of carbonyl (C=O) groups is 2. The molecule has 0 radical (unpaired) electrons. The quantitative estimate of drug-likeness (QED) is 0.642. The lowest BCUT2D eigenvalue weighted by Gasteiger charge is -2.15. The minimum absolute atomic E-state index is 0.0319. The Bertz CT molecular complexity index is 686. The average molecular weight is 367 g/mol. The maximum Gasteiger partial charge on any atom is 0.277 e. The Morgan fingerprint density at radius 3 is 2.76 bits per heavy atom. The Morgan fingerprint density at radius 2 is 2.08 bits per heavy atom. The predicted molar refractivity (Wildman–Crippen MR) is 90.6 cm³/mol. The van der Waals surface area contributed by atoms with E-state index < -0.39 is 0 Å².